The fourth-order valence-electron chi connectivity index (χ4n) is 3.43. The molecule has 34 heavy (non-hydrogen) atoms. The average molecular weight is 511 g/mol. The number of rotatable bonds is 8. The van der Waals surface area contributed by atoms with Crippen LogP contribution in [0.5, 0.6) is 5.75 Å². The summed E-state index contributed by atoms with van der Waals surface area (Å²) in [6, 6.07) is 23.4. The van der Waals surface area contributed by atoms with Crippen LogP contribution in [0.2, 0.25) is 10.0 Å². The Morgan fingerprint density at radius 3 is 2.21 bits per heavy atom. The summed E-state index contributed by atoms with van der Waals surface area (Å²) in [6.07, 6.45) is 2.66. The molecule has 0 atom stereocenters. The Morgan fingerprint density at radius 1 is 0.971 bits per heavy atom. The van der Waals surface area contributed by atoms with Gasteiger partial charge in [-0.1, -0.05) is 90.8 Å². The van der Waals surface area contributed by atoms with Crippen molar-refractivity contribution in [1.29, 1.82) is 0 Å². The highest BCUT2D eigenvalue weighted by atomic mass is 35.5. The molecule has 0 spiro atoms. The van der Waals surface area contributed by atoms with Gasteiger partial charge in [0.25, 0.3) is 5.91 Å². The van der Waals surface area contributed by atoms with Crippen LogP contribution < -0.4 is 4.74 Å². The number of ether oxygens (including phenoxy) is 1. The normalized spacial score (nSPS) is 16.0. The quantitative estimate of drug-likeness (QED) is 0.295. The third kappa shape index (κ3) is 6.03. The molecule has 1 fully saturated rings. The smallest absolute Gasteiger partial charge is 0.267 e. The Balaban J connectivity index is 1.63. The summed E-state index contributed by atoms with van der Waals surface area (Å²) in [6.45, 7) is 3.49. The van der Waals surface area contributed by atoms with Crippen LogP contribution in [0.15, 0.2) is 82.7 Å². The number of hydrogen-bond acceptors (Lipinski definition) is 4. The Morgan fingerprint density at radius 2 is 1.59 bits per heavy atom. The van der Waals surface area contributed by atoms with Crippen LogP contribution in [0.25, 0.3) is 6.08 Å². The Labute approximate surface area is 214 Å². The van der Waals surface area contributed by atoms with Crippen LogP contribution in [0.1, 0.15) is 30.0 Å². The zero-order valence-corrected chi connectivity index (χ0v) is 21.0. The van der Waals surface area contributed by atoms with E-state index in [0.717, 1.165) is 23.1 Å². The number of aliphatic imine (C=N–C) groups is 1. The van der Waals surface area contributed by atoms with Gasteiger partial charge in [0.1, 0.15) is 0 Å². The minimum absolute atomic E-state index is 0.0979. The number of amidine groups is 1. The van der Waals surface area contributed by atoms with E-state index in [1.807, 2.05) is 67.6 Å². The van der Waals surface area contributed by atoms with Crippen molar-refractivity contribution in [2.24, 2.45) is 4.99 Å². The van der Waals surface area contributed by atoms with Gasteiger partial charge in [0, 0.05) is 0 Å². The number of amides is 1. The van der Waals surface area contributed by atoms with Crippen LogP contribution in [0.3, 0.4) is 0 Å². The Hall–Kier alpha value is -2.73. The second kappa shape index (κ2) is 11.6. The van der Waals surface area contributed by atoms with E-state index in [-0.39, 0.29) is 5.91 Å². The average Bonchev–Trinajstić information content (AvgIpc) is 3.12. The van der Waals surface area contributed by atoms with Gasteiger partial charge in [-0.25, -0.2) is 0 Å². The molecule has 0 radical (unpaired) electrons. The van der Waals surface area contributed by atoms with Crippen molar-refractivity contribution in [3.05, 3.63) is 104 Å². The molecule has 1 amide bonds. The van der Waals surface area contributed by atoms with E-state index in [1.165, 1.54) is 11.8 Å². The number of nitrogens with zero attached hydrogens (tertiary/aromatic N) is 2. The number of halogens is 2. The first-order valence-corrected chi connectivity index (χ1v) is 12.6. The second-order valence-corrected chi connectivity index (χ2v) is 9.56. The highest BCUT2D eigenvalue weighted by Gasteiger charge is 2.33. The van der Waals surface area contributed by atoms with E-state index in [1.54, 1.807) is 23.1 Å². The van der Waals surface area contributed by atoms with E-state index in [2.05, 4.69) is 0 Å². The lowest BCUT2D eigenvalue weighted by Crippen LogP contribution is -2.28. The van der Waals surface area contributed by atoms with Gasteiger partial charge in [-0.3, -0.25) is 14.7 Å². The molecule has 0 saturated carbocycles. The lowest BCUT2D eigenvalue weighted by Gasteiger charge is -2.15. The molecular formula is C27H24Cl2N2O2S. The molecule has 3 aromatic carbocycles. The largest absolute Gasteiger partial charge is 0.490 e. The number of benzene rings is 3. The SMILES string of the molecule is CCCOc1c(Cl)cc(/C=C2/SC(=NCc3ccccc3)N(Cc3ccccc3)C2=O)cc1Cl. The van der Waals surface area contributed by atoms with Gasteiger partial charge >= 0.3 is 0 Å². The first kappa shape index (κ1) is 24.4. The minimum atomic E-state index is -0.0979. The summed E-state index contributed by atoms with van der Waals surface area (Å²) in [5.41, 5.74) is 2.86. The van der Waals surface area contributed by atoms with E-state index in [0.29, 0.717) is 45.6 Å². The topological polar surface area (TPSA) is 41.9 Å². The number of thioether (sulfide) groups is 1. The maximum Gasteiger partial charge on any atom is 0.267 e. The van der Waals surface area contributed by atoms with E-state index < -0.39 is 0 Å². The molecule has 0 aliphatic carbocycles. The summed E-state index contributed by atoms with van der Waals surface area (Å²) in [5.74, 6) is 0.368. The van der Waals surface area contributed by atoms with Crippen LogP contribution in [-0.4, -0.2) is 22.6 Å². The summed E-state index contributed by atoms with van der Waals surface area (Å²) >= 11 is 14.2. The van der Waals surface area contributed by atoms with Crippen molar-refractivity contribution in [3.8, 4) is 5.75 Å². The fourth-order valence-corrected chi connectivity index (χ4v) is 5.02. The minimum Gasteiger partial charge on any atom is -0.490 e. The van der Waals surface area contributed by atoms with Crippen LogP contribution in [0.4, 0.5) is 0 Å². The molecule has 0 unspecified atom stereocenters. The van der Waals surface area contributed by atoms with E-state index in [9.17, 15) is 4.79 Å². The van der Waals surface area contributed by atoms with Crippen molar-refractivity contribution in [1.82, 2.24) is 4.90 Å². The summed E-state index contributed by atoms with van der Waals surface area (Å²) in [4.78, 5) is 20.4. The molecule has 1 heterocycles. The molecule has 1 aliphatic heterocycles. The predicted octanol–water partition coefficient (Wildman–Crippen LogP) is 7.45. The van der Waals surface area contributed by atoms with Crippen LogP contribution in [-0.2, 0) is 17.9 Å². The van der Waals surface area contributed by atoms with Crippen LogP contribution >= 0.6 is 35.0 Å². The van der Waals surface area contributed by atoms with Gasteiger partial charge in [0.2, 0.25) is 0 Å². The lowest BCUT2D eigenvalue weighted by atomic mass is 10.2. The molecule has 3 aromatic rings. The van der Waals surface area contributed by atoms with Gasteiger partial charge in [-0.2, -0.15) is 0 Å². The molecule has 4 rings (SSSR count). The van der Waals surface area contributed by atoms with E-state index >= 15 is 0 Å². The molecule has 174 valence electrons. The zero-order chi connectivity index (χ0) is 23.9. The van der Waals surface area contributed by atoms with E-state index in [4.69, 9.17) is 32.9 Å². The van der Waals surface area contributed by atoms with Gasteiger partial charge in [0.05, 0.1) is 34.6 Å². The van der Waals surface area contributed by atoms with Gasteiger partial charge < -0.3 is 4.74 Å². The van der Waals surface area contributed by atoms with Gasteiger partial charge in [-0.05, 0) is 53.1 Å². The molecule has 0 N–H and O–H groups in total. The monoisotopic (exact) mass is 510 g/mol. The molecule has 7 heteroatoms. The van der Waals surface area contributed by atoms with Crippen molar-refractivity contribution < 1.29 is 9.53 Å². The predicted molar refractivity (Wildman–Crippen MR) is 142 cm³/mol. The molecule has 1 aliphatic rings. The molecule has 1 saturated heterocycles. The van der Waals surface area contributed by atoms with Crippen molar-refractivity contribution >= 4 is 52.1 Å². The number of carbonyl (C=O) groups excluding carboxylic acids is 1. The molecule has 4 nitrogen and oxygen atoms in total. The molecular weight excluding hydrogens is 487 g/mol. The summed E-state index contributed by atoms with van der Waals surface area (Å²) in [5, 5.41) is 1.51. The first-order valence-electron chi connectivity index (χ1n) is 11.0. The van der Waals surface area contributed by atoms with Crippen molar-refractivity contribution in [3.63, 3.8) is 0 Å². The van der Waals surface area contributed by atoms with Crippen LogP contribution in [0, 0.1) is 0 Å². The third-order valence-corrected chi connectivity index (χ3v) is 6.69. The summed E-state index contributed by atoms with van der Waals surface area (Å²) < 4.78 is 5.65. The Kier molecular flexibility index (Phi) is 8.33. The van der Waals surface area contributed by atoms with Gasteiger partial charge in [-0.15, -0.1) is 0 Å². The van der Waals surface area contributed by atoms with Crippen molar-refractivity contribution in [2.75, 3.05) is 6.61 Å². The maximum atomic E-state index is 13.4. The van der Waals surface area contributed by atoms with Gasteiger partial charge in [0.15, 0.2) is 10.9 Å². The second-order valence-electron chi connectivity index (χ2n) is 7.73. The lowest BCUT2D eigenvalue weighted by molar-refractivity contribution is -0.122. The number of carbonyl (C=O) groups is 1. The maximum absolute atomic E-state index is 13.4. The number of hydrogen-bond donors (Lipinski definition) is 0. The third-order valence-electron chi connectivity index (χ3n) is 5.08. The Bertz CT molecular complexity index is 1190. The molecule has 0 bridgehead atoms. The first-order chi connectivity index (χ1) is 16.5. The molecule has 0 aromatic heterocycles. The summed E-state index contributed by atoms with van der Waals surface area (Å²) in [7, 11) is 0. The standard InChI is InChI=1S/C27H24Cl2N2O2S/c1-2-13-33-25-22(28)14-21(15-23(25)29)16-24-26(32)31(18-20-11-7-4-8-12-20)27(34-24)30-17-19-9-5-3-6-10-19/h3-12,14-16H,2,13,17-18H2,1H3/b24-16+,30-27?. The highest BCUT2D eigenvalue weighted by Crippen LogP contribution is 2.38. The fraction of sp³-hybridized carbons (Fsp3) is 0.185. The zero-order valence-electron chi connectivity index (χ0n) is 18.7. The highest BCUT2D eigenvalue weighted by molar-refractivity contribution is 8.18. The van der Waals surface area contributed by atoms with Crippen molar-refractivity contribution in [2.45, 2.75) is 26.4 Å².